The summed E-state index contributed by atoms with van der Waals surface area (Å²) in [6.45, 7) is 6.24. The zero-order chi connectivity index (χ0) is 13.0. The van der Waals surface area contributed by atoms with Crippen LogP contribution >= 0.6 is 0 Å². The number of carbonyl (C=O) groups excluding carboxylic acids is 1. The lowest BCUT2D eigenvalue weighted by Crippen LogP contribution is -2.38. The van der Waals surface area contributed by atoms with Gasteiger partial charge in [-0.05, 0) is 44.2 Å². The summed E-state index contributed by atoms with van der Waals surface area (Å²) >= 11 is 0. The molecule has 0 spiro atoms. The van der Waals surface area contributed by atoms with Crippen molar-refractivity contribution in [2.45, 2.75) is 26.3 Å². The van der Waals surface area contributed by atoms with Gasteiger partial charge >= 0.3 is 0 Å². The fourth-order valence-corrected chi connectivity index (χ4v) is 2.26. The van der Waals surface area contributed by atoms with E-state index < -0.39 is 0 Å². The topological polar surface area (TPSA) is 41.6 Å². The Bertz CT molecular complexity index is 403. The molecule has 1 amide bonds. The molecule has 1 heterocycles. The van der Waals surface area contributed by atoms with Gasteiger partial charge in [-0.1, -0.05) is 6.92 Å². The van der Waals surface area contributed by atoms with E-state index in [1.165, 1.54) is 0 Å². The summed E-state index contributed by atoms with van der Waals surface area (Å²) in [7, 11) is 0. The number of hydrogen-bond donors (Lipinski definition) is 1. The van der Waals surface area contributed by atoms with E-state index in [1.54, 1.807) is 0 Å². The molecule has 1 atom stereocenters. The average Bonchev–Trinajstić information content (AvgIpc) is 2.73. The number of hydrogen-bond acceptors (Lipinski definition) is 3. The van der Waals surface area contributed by atoms with Crippen LogP contribution in [0.5, 0.6) is 5.75 Å². The van der Waals surface area contributed by atoms with Crippen molar-refractivity contribution in [3.05, 3.63) is 24.3 Å². The van der Waals surface area contributed by atoms with Gasteiger partial charge in [-0.2, -0.15) is 0 Å². The number of nitrogens with zero attached hydrogens (tertiary/aromatic N) is 1. The molecule has 18 heavy (non-hydrogen) atoms. The SMILES string of the molecule is CCNC1CCN(c2ccc(OCC)cc2)C1=O. The van der Waals surface area contributed by atoms with Gasteiger partial charge in [0.25, 0.3) is 0 Å². The van der Waals surface area contributed by atoms with E-state index in [4.69, 9.17) is 4.74 Å². The Morgan fingerprint density at radius 1 is 1.33 bits per heavy atom. The molecule has 0 saturated carbocycles. The van der Waals surface area contributed by atoms with Gasteiger partial charge in [-0.3, -0.25) is 4.79 Å². The summed E-state index contributed by atoms with van der Waals surface area (Å²) in [5.74, 6) is 1.01. The second kappa shape index (κ2) is 5.87. The van der Waals surface area contributed by atoms with Crippen LogP contribution in [0, 0.1) is 0 Å². The first-order valence-electron chi connectivity index (χ1n) is 6.54. The number of benzene rings is 1. The second-order valence-corrected chi connectivity index (χ2v) is 4.32. The predicted molar refractivity (Wildman–Crippen MR) is 72.0 cm³/mol. The van der Waals surface area contributed by atoms with Crippen LogP contribution in [0.4, 0.5) is 5.69 Å². The number of nitrogens with one attached hydrogen (secondary N) is 1. The highest BCUT2D eigenvalue weighted by atomic mass is 16.5. The van der Waals surface area contributed by atoms with Crippen molar-refractivity contribution in [2.24, 2.45) is 0 Å². The van der Waals surface area contributed by atoms with Gasteiger partial charge in [0.15, 0.2) is 0 Å². The summed E-state index contributed by atoms with van der Waals surface area (Å²) in [5.41, 5.74) is 0.948. The van der Waals surface area contributed by atoms with Crippen LogP contribution in [0.3, 0.4) is 0 Å². The van der Waals surface area contributed by atoms with Crippen LogP contribution in [0.1, 0.15) is 20.3 Å². The van der Waals surface area contributed by atoms with Crippen molar-refractivity contribution >= 4 is 11.6 Å². The van der Waals surface area contributed by atoms with Crippen LogP contribution in [-0.2, 0) is 4.79 Å². The van der Waals surface area contributed by atoms with Crippen molar-refractivity contribution in [3.63, 3.8) is 0 Å². The molecule has 1 unspecified atom stereocenters. The maximum Gasteiger partial charge on any atom is 0.244 e. The van der Waals surface area contributed by atoms with Gasteiger partial charge in [0.05, 0.1) is 12.6 Å². The molecule has 0 radical (unpaired) electrons. The number of amides is 1. The standard InChI is InChI=1S/C14H20N2O2/c1-3-15-13-9-10-16(14(13)17)11-5-7-12(8-6-11)18-4-2/h5-8,13,15H,3-4,9-10H2,1-2H3. The molecular formula is C14H20N2O2. The zero-order valence-electron chi connectivity index (χ0n) is 11.0. The van der Waals surface area contributed by atoms with Crippen molar-refractivity contribution in [2.75, 3.05) is 24.6 Å². The third-order valence-electron chi connectivity index (χ3n) is 3.12. The van der Waals surface area contributed by atoms with E-state index >= 15 is 0 Å². The molecule has 98 valence electrons. The Hall–Kier alpha value is -1.55. The first kappa shape index (κ1) is 12.9. The van der Waals surface area contributed by atoms with Crippen molar-refractivity contribution in [3.8, 4) is 5.75 Å². The Kier molecular flexibility index (Phi) is 4.20. The van der Waals surface area contributed by atoms with Gasteiger partial charge in [0, 0.05) is 12.2 Å². The van der Waals surface area contributed by atoms with Crippen molar-refractivity contribution in [1.29, 1.82) is 0 Å². The first-order chi connectivity index (χ1) is 8.76. The Balaban J connectivity index is 2.06. The van der Waals surface area contributed by atoms with E-state index in [-0.39, 0.29) is 11.9 Å². The van der Waals surface area contributed by atoms with Gasteiger partial charge in [0.2, 0.25) is 5.91 Å². The number of carbonyl (C=O) groups is 1. The quantitative estimate of drug-likeness (QED) is 0.864. The van der Waals surface area contributed by atoms with Crippen LogP contribution in [0.15, 0.2) is 24.3 Å². The van der Waals surface area contributed by atoms with Crippen LogP contribution in [0.2, 0.25) is 0 Å². The van der Waals surface area contributed by atoms with E-state index in [1.807, 2.05) is 43.0 Å². The number of rotatable bonds is 5. The Labute approximate surface area is 108 Å². The van der Waals surface area contributed by atoms with Crippen LogP contribution in [-0.4, -0.2) is 31.6 Å². The van der Waals surface area contributed by atoms with Gasteiger partial charge in [0.1, 0.15) is 5.75 Å². The summed E-state index contributed by atoms with van der Waals surface area (Å²) in [6, 6.07) is 7.68. The molecule has 1 aliphatic heterocycles. The molecule has 2 rings (SSSR count). The van der Waals surface area contributed by atoms with Gasteiger partial charge < -0.3 is 15.0 Å². The van der Waals surface area contributed by atoms with Crippen LogP contribution < -0.4 is 15.0 Å². The summed E-state index contributed by atoms with van der Waals surface area (Å²) in [4.78, 5) is 14.0. The average molecular weight is 248 g/mol. The fourth-order valence-electron chi connectivity index (χ4n) is 2.26. The highest BCUT2D eigenvalue weighted by molar-refractivity contribution is 5.99. The summed E-state index contributed by atoms with van der Waals surface area (Å²) in [5, 5.41) is 3.21. The number of anilines is 1. The smallest absolute Gasteiger partial charge is 0.244 e. The minimum Gasteiger partial charge on any atom is -0.494 e. The monoisotopic (exact) mass is 248 g/mol. The minimum absolute atomic E-state index is 0.0263. The highest BCUT2D eigenvalue weighted by Crippen LogP contribution is 2.24. The Morgan fingerprint density at radius 2 is 2.06 bits per heavy atom. The summed E-state index contributed by atoms with van der Waals surface area (Å²) < 4.78 is 5.39. The molecule has 1 N–H and O–H groups in total. The molecule has 1 saturated heterocycles. The zero-order valence-corrected chi connectivity index (χ0v) is 11.0. The third kappa shape index (κ3) is 2.64. The molecule has 1 aromatic carbocycles. The molecule has 1 aliphatic rings. The molecular weight excluding hydrogens is 228 g/mol. The van der Waals surface area contributed by atoms with E-state index in [0.29, 0.717) is 6.61 Å². The Morgan fingerprint density at radius 3 is 2.67 bits per heavy atom. The lowest BCUT2D eigenvalue weighted by molar-refractivity contribution is -0.118. The molecule has 4 nitrogen and oxygen atoms in total. The molecule has 1 fully saturated rings. The minimum atomic E-state index is -0.0263. The first-order valence-corrected chi connectivity index (χ1v) is 6.54. The molecule has 0 aromatic heterocycles. The number of likely N-dealkylation sites (N-methyl/N-ethyl adjacent to an activating group) is 1. The third-order valence-corrected chi connectivity index (χ3v) is 3.12. The van der Waals surface area contributed by atoms with Gasteiger partial charge in [-0.25, -0.2) is 0 Å². The lowest BCUT2D eigenvalue weighted by atomic mass is 10.2. The van der Waals surface area contributed by atoms with Gasteiger partial charge in [-0.15, -0.1) is 0 Å². The van der Waals surface area contributed by atoms with E-state index in [2.05, 4.69) is 5.32 Å². The second-order valence-electron chi connectivity index (χ2n) is 4.32. The lowest BCUT2D eigenvalue weighted by Gasteiger charge is -2.17. The molecule has 0 bridgehead atoms. The maximum absolute atomic E-state index is 12.1. The fraction of sp³-hybridized carbons (Fsp3) is 0.500. The van der Waals surface area contributed by atoms with Crippen molar-refractivity contribution in [1.82, 2.24) is 5.32 Å². The predicted octanol–water partition coefficient (Wildman–Crippen LogP) is 1.80. The molecule has 1 aromatic rings. The summed E-state index contributed by atoms with van der Waals surface area (Å²) in [6.07, 6.45) is 0.875. The number of ether oxygens (including phenoxy) is 1. The van der Waals surface area contributed by atoms with Crippen molar-refractivity contribution < 1.29 is 9.53 Å². The van der Waals surface area contributed by atoms with Crippen LogP contribution in [0.25, 0.3) is 0 Å². The molecule has 0 aliphatic carbocycles. The normalized spacial score (nSPS) is 19.3. The largest absolute Gasteiger partial charge is 0.494 e. The van der Waals surface area contributed by atoms with E-state index in [0.717, 1.165) is 30.9 Å². The van der Waals surface area contributed by atoms with E-state index in [9.17, 15) is 4.79 Å². The molecule has 4 heteroatoms. The maximum atomic E-state index is 12.1. The highest BCUT2D eigenvalue weighted by Gasteiger charge is 2.31.